The highest BCUT2D eigenvalue weighted by Crippen LogP contribution is 2.35. The number of carbonyl (C=O) groups is 2. The third-order valence-electron chi connectivity index (χ3n) is 4.42. The Morgan fingerprint density at radius 3 is 2.36 bits per heavy atom. The molecule has 0 atom stereocenters. The van der Waals surface area contributed by atoms with E-state index in [-0.39, 0.29) is 36.8 Å². The third kappa shape index (κ3) is 6.70. The maximum absolute atomic E-state index is 13.0. The van der Waals surface area contributed by atoms with E-state index >= 15 is 0 Å². The molecule has 2 aromatic rings. The topological polar surface area (TPSA) is 129 Å². The van der Waals surface area contributed by atoms with E-state index in [0.29, 0.717) is 16.5 Å². The molecule has 1 N–H and O–H groups in total. The summed E-state index contributed by atoms with van der Waals surface area (Å²) in [6.07, 6.45) is 0. The second-order valence-corrected chi connectivity index (χ2v) is 7.11. The van der Waals surface area contributed by atoms with Gasteiger partial charge in [0.05, 0.1) is 44.0 Å². The van der Waals surface area contributed by atoms with Gasteiger partial charge in [0.2, 0.25) is 5.91 Å². The number of nitrogens with zero attached hydrogens (tertiary/aromatic N) is 2. The first-order valence-corrected chi connectivity index (χ1v) is 9.96. The van der Waals surface area contributed by atoms with Crippen LogP contribution < -0.4 is 19.5 Å². The van der Waals surface area contributed by atoms with Crippen LogP contribution in [0.2, 0.25) is 5.02 Å². The van der Waals surface area contributed by atoms with Crippen molar-refractivity contribution >= 4 is 34.8 Å². The van der Waals surface area contributed by atoms with E-state index in [0.717, 1.165) is 11.0 Å². The summed E-state index contributed by atoms with van der Waals surface area (Å²) in [6.45, 7) is -0.00268. The summed E-state index contributed by atoms with van der Waals surface area (Å²) in [7, 11) is 5.60. The molecule has 2 aromatic carbocycles. The summed E-state index contributed by atoms with van der Waals surface area (Å²) in [6, 6.07) is 6.99. The van der Waals surface area contributed by atoms with Crippen molar-refractivity contribution < 1.29 is 33.5 Å². The van der Waals surface area contributed by atoms with E-state index in [1.807, 2.05) is 0 Å². The first kappa shape index (κ1) is 25.7. The highest BCUT2D eigenvalue weighted by atomic mass is 35.5. The van der Waals surface area contributed by atoms with E-state index in [1.165, 1.54) is 40.5 Å². The molecular formula is C21H24ClN3O8. The SMILES string of the molecule is COCCOc1cc([N+](=O)[O-])c(C(=O)N(C)CC(=O)Nc2cc(Cl)ccc2OC)cc1OC. The van der Waals surface area contributed by atoms with Crippen LogP contribution in [0.1, 0.15) is 10.4 Å². The number of halogens is 1. The van der Waals surface area contributed by atoms with Gasteiger partial charge in [-0.1, -0.05) is 11.6 Å². The van der Waals surface area contributed by atoms with Gasteiger partial charge in [-0.25, -0.2) is 0 Å². The van der Waals surface area contributed by atoms with Crippen LogP contribution in [0.25, 0.3) is 0 Å². The van der Waals surface area contributed by atoms with Gasteiger partial charge >= 0.3 is 0 Å². The molecule has 33 heavy (non-hydrogen) atoms. The third-order valence-corrected chi connectivity index (χ3v) is 4.65. The molecule has 0 radical (unpaired) electrons. The molecule has 2 amide bonds. The minimum absolute atomic E-state index is 0.0891. The van der Waals surface area contributed by atoms with E-state index in [1.54, 1.807) is 12.1 Å². The van der Waals surface area contributed by atoms with Crippen LogP contribution in [-0.4, -0.2) is 69.8 Å². The number of benzene rings is 2. The Morgan fingerprint density at radius 1 is 1.06 bits per heavy atom. The molecular weight excluding hydrogens is 458 g/mol. The Labute approximate surface area is 195 Å². The average Bonchev–Trinajstić information content (AvgIpc) is 2.78. The van der Waals surface area contributed by atoms with Crippen molar-refractivity contribution in [3.05, 3.63) is 51.0 Å². The van der Waals surface area contributed by atoms with Crippen LogP contribution in [0.5, 0.6) is 17.2 Å². The number of methoxy groups -OCH3 is 3. The van der Waals surface area contributed by atoms with Crippen LogP contribution in [0.3, 0.4) is 0 Å². The summed E-state index contributed by atoms with van der Waals surface area (Å²) in [5.41, 5.74) is -0.426. The van der Waals surface area contributed by atoms with E-state index < -0.39 is 22.4 Å². The van der Waals surface area contributed by atoms with E-state index in [2.05, 4.69) is 5.32 Å². The summed E-state index contributed by atoms with van der Waals surface area (Å²) in [4.78, 5) is 37.4. The van der Waals surface area contributed by atoms with Crippen molar-refractivity contribution in [2.24, 2.45) is 0 Å². The van der Waals surface area contributed by atoms with Gasteiger partial charge < -0.3 is 29.2 Å². The van der Waals surface area contributed by atoms with Crippen molar-refractivity contribution in [1.29, 1.82) is 0 Å². The lowest BCUT2D eigenvalue weighted by Crippen LogP contribution is -2.35. The standard InChI is InChI=1S/C21H24ClN3O8/c1-24(12-20(26)23-15-9-13(22)5-6-17(15)31-3)21(27)14-10-18(32-4)19(33-8-7-30-2)11-16(14)25(28)29/h5-6,9-11H,7-8,12H2,1-4H3,(H,23,26). The predicted octanol–water partition coefficient (Wildman–Crippen LogP) is 3.00. The second-order valence-electron chi connectivity index (χ2n) is 6.67. The maximum Gasteiger partial charge on any atom is 0.286 e. The molecule has 0 fully saturated rings. The lowest BCUT2D eigenvalue weighted by Gasteiger charge is -2.19. The summed E-state index contributed by atoms with van der Waals surface area (Å²) < 4.78 is 20.7. The molecule has 0 aliphatic carbocycles. The van der Waals surface area contributed by atoms with Gasteiger partial charge in [-0.2, -0.15) is 0 Å². The van der Waals surface area contributed by atoms with E-state index in [4.69, 9.17) is 30.5 Å². The van der Waals surface area contributed by atoms with Gasteiger partial charge in [-0.15, -0.1) is 0 Å². The highest BCUT2D eigenvalue weighted by molar-refractivity contribution is 6.31. The Kier molecular flexibility index (Phi) is 9.25. The fourth-order valence-corrected chi connectivity index (χ4v) is 3.01. The first-order chi connectivity index (χ1) is 15.7. The quantitative estimate of drug-likeness (QED) is 0.294. The van der Waals surface area contributed by atoms with Gasteiger partial charge in [0, 0.05) is 25.2 Å². The number of anilines is 1. The molecule has 0 bridgehead atoms. The number of hydrogen-bond donors (Lipinski definition) is 1. The van der Waals surface area contributed by atoms with Gasteiger partial charge in [-0.3, -0.25) is 19.7 Å². The number of nitro benzene ring substituents is 1. The number of amides is 2. The first-order valence-electron chi connectivity index (χ1n) is 9.58. The Balaban J connectivity index is 2.24. The van der Waals surface area contributed by atoms with Crippen molar-refractivity contribution in [3.8, 4) is 17.2 Å². The molecule has 0 saturated carbocycles. The summed E-state index contributed by atoms with van der Waals surface area (Å²) in [5.74, 6) is -0.712. The number of rotatable bonds is 11. The summed E-state index contributed by atoms with van der Waals surface area (Å²) in [5, 5.41) is 14.6. The molecule has 0 aromatic heterocycles. The normalized spacial score (nSPS) is 10.3. The minimum atomic E-state index is -0.753. The van der Waals surface area contributed by atoms with Crippen molar-refractivity contribution in [3.63, 3.8) is 0 Å². The van der Waals surface area contributed by atoms with Crippen LogP contribution >= 0.6 is 11.6 Å². The Morgan fingerprint density at radius 2 is 1.76 bits per heavy atom. The van der Waals surface area contributed by atoms with Gasteiger partial charge in [-0.05, 0) is 18.2 Å². The van der Waals surface area contributed by atoms with E-state index in [9.17, 15) is 19.7 Å². The van der Waals surface area contributed by atoms with Crippen molar-refractivity contribution in [1.82, 2.24) is 4.90 Å². The van der Waals surface area contributed by atoms with Gasteiger partial charge in [0.1, 0.15) is 17.9 Å². The fourth-order valence-electron chi connectivity index (χ4n) is 2.84. The van der Waals surface area contributed by atoms with Crippen LogP contribution in [-0.2, 0) is 9.53 Å². The van der Waals surface area contributed by atoms with Crippen molar-refractivity contribution in [2.75, 3.05) is 53.5 Å². The lowest BCUT2D eigenvalue weighted by molar-refractivity contribution is -0.385. The molecule has 0 saturated heterocycles. The molecule has 12 heteroatoms. The molecule has 0 aliphatic heterocycles. The van der Waals surface area contributed by atoms with Crippen LogP contribution in [0.15, 0.2) is 30.3 Å². The van der Waals surface area contributed by atoms with Crippen LogP contribution in [0, 0.1) is 10.1 Å². The number of ether oxygens (including phenoxy) is 4. The van der Waals surface area contributed by atoms with Crippen molar-refractivity contribution in [2.45, 2.75) is 0 Å². The predicted molar refractivity (Wildman–Crippen MR) is 121 cm³/mol. The van der Waals surface area contributed by atoms with Gasteiger partial charge in [0.15, 0.2) is 11.5 Å². The summed E-state index contributed by atoms with van der Waals surface area (Å²) >= 11 is 5.96. The zero-order chi connectivity index (χ0) is 24.5. The molecule has 0 unspecified atom stereocenters. The molecule has 0 spiro atoms. The number of nitro groups is 1. The monoisotopic (exact) mass is 481 g/mol. The van der Waals surface area contributed by atoms with Crippen LogP contribution in [0.4, 0.5) is 11.4 Å². The fraction of sp³-hybridized carbons (Fsp3) is 0.333. The number of carbonyl (C=O) groups excluding carboxylic acids is 2. The average molecular weight is 482 g/mol. The molecule has 0 aliphatic rings. The second kappa shape index (κ2) is 11.9. The maximum atomic E-state index is 13.0. The molecule has 11 nitrogen and oxygen atoms in total. The number of likely N-dealkylation sites (N-methyl/N-ethyl adjacent to an activating group) is 1. The largest absolute Gasteiger partial charge is 0.495 e. The number of nitrogens with one attached hydrogen (secondary N) is 1. The Bertz CT molecular complexity index is 1030. The zero-order valence-corrected chi connectivity index (χ0v) is 19.3. The molecule has 178 valence electrons. The number of hydrogen-bond acceptors (Lipinski definition) is 8. The minimum Gasteiger partial charge on any atom is -0.495 e. The van der Waals surface area contributed by atoms with Gasteiger partial charge in [0.25, 0.3) is 11.6 Å². The lowest BCUT2D eigenvalue weighted by atomic mass is 10.1. The zero-order valence-electron chi connectivity index (χ0n) is 18.5. The Hall–Kier alpha value is -3.57. The molecule has 2 rings (SSSR count). The molecule has 0 heterocycles. The highest BCUT2D eigenvalue weighted by Gasteiger charge is 2.28. The smallest absolute Gasteiger partial charge is 0.286 e.